The van der Waals surface area contributed by atoms with Gasteiger partial charge in [0.15, 0.2) is 20.2 Å². The van der Waals surface area contributed by atoms with E-state index in [0.29, 0.717) is 18.1 Å². The summed E-state index contributed by atoms with van der Waals surface area (Å²) in [5.74, 6) is 2.04. The first-order valence-corrected chi connectivity index (χ1v) is 14.2. The molecule has 0 bridgehead atoms. The molecule has 0 unspecified atom stereocenters. The van der Waals surface area contributed by atoms with Crippen LogP contribution in [0.3, 0.4) is 0 Å². The number of thioether (sulfide) groups is 2. The molecule has 37 heavy (non-hydrogen) atoms. The molecule has 0 spiro atoms. The van der Waals surface area contributed by atoms with Crippen molar-refractivity contribution in [1.82, 2.24) is 15.6 Å². The Balaban J connectivity index is 1.21. The van der Waals surface area contributed by atoms with Gasteiger partial charge in [0.2, 0.25) is 0 Å². The normalized spacial score (nSPS) is 11.0. The molecular formula is C27H26N4O3S3. The molecule has 3 aromatic carbocycles. The molecule has 0 aliphatic carbocycles. The van der Waals surface area contributed by atoms with Crippen LogP contribution < -0.4 is 14.9 Å². The number of ether oxygens (including phenoxy) is 2. The molecule has 190 valence electrons. The number of carbonyl (C=O) groups excluding carboxylic acids is 1. The Labute approximate surface area is 228 Å². The number of hydrazone groups is 1. The molecule has 0 saturated carbocycles. The molecule has 1 N–H and O–H groups in total. The minimum atomic E-state index is -0.222. The van der Waals surface area contributed by atoms with Crippen LogP contribution in [-0.2, 0) is 17.2 Å². The van der Waals surface area contributed by atoms with Crippen molar-refractivity contribution in [1.29, 1.82) is 0 Å². The molecule has 4 rings (SSSR count). The van der Waals surface area contributed by atoms with Gasteiger partial charge in [-0.3, -0.25) is 4.79 Å². The first-order valence-electron chi connectivity index (χ1n) is 11.4. The van der Waals surface area contributed by atoms with Gasteiger partial charge >= 0.3 is 0 Å². The quantitative estimate of drug-likeness (QED) is 0.132. The maximum Gasteiger partial charge on any atom is 0.250 e. The SMILES string of the molecule is COc1cc(/C=N\NC(=O)CSc2nnc(SCc3ccc(C)cc3)s2)ccc1OCc1ccccc1. The number of nitrogens with zero attached hydrogens (tertiary/aromatic N) is 3. The van der Waals surface area contributed by atoms with Crippen molar-refractivity contribution in [3.05, 3.63) is 95.1 Å². The Morgan fingerprint density at radius 3 is 2.49 bits per heavy atom. The van der Waals surface area contributed by atoms with E-state index in [-0.39, 0.29) is 11.7 Å². The maximum absolute atomic E-state index is 12.2. The van der Waals surface area contributed by atoms with Crippen molar-refractivity contribution in [3.63, 3.8) is 0 Å². The molecular weight excluding hydrogens is 525 g/mol. The minimum Gasteiger partial charge on any atom is -0.493 e. The second-order valence-corrected chi connectivity index (χ2v) is 11.3. The van der Waals surface area contributed by atoms with Gasteiger partial charge in [-0.25, -0.2) is 5.43 Å². The highest BCUT2D eigenvalue weighted by Gasteiger charge is 2.09. The number of aromatic nitrogens is 2. The molecule has 1 aromatic heterocycles. The number of carbonyl (C=O) groups is 1. The summed E-state index contributed by atoms with van der Waals surface area (Å²) in [6.45, 7) is 2.52. The van der Waals surface area contributed by atoms with Crippen LogP contribution in [0, 0.1) is 6.92 Å². The average molecular weight is 551 g/mol. The number of methoxy groups -OCH3 is 1. The van der Waals surface area contributed by atoms with Crippen molar-refractivity contribution in [3.8, 4) is 11.5 Å². The van der Waals surface area contributed by atoms with Crippen LogP contribution in [0.15, 0.2) is 86.6 Å². The number of aryl methyl sites for hydroxylation is 1. The van der Waals surface area contributed by atoms with Gasteiger partial charge in [-0.05, 0) is 41.8 Å². The van der Waals surface area contributed by atoms with E-state index < -0.39 is 0 Å². The number of nitrogens with one attached hydrogen (secondary N) is 1. The smallest absolute Gasteiger partial charge is 0.250 e. The van der Waals surface area contributed by atoms with Gasteiger partial charge in [0.1, 0.15) is 6.61 Å². The van der Waals surface area contributed by atoms with Crippen molar-refractivity contribution < 1.29 is 14.3 Å². The van der Waals surface area contributed by atoms with E-state index in [4.69, 9.17) is 9.47 Å². The molecule has 0 aliphatic heterocycles. The van der Waals surface area contributed by atoms with Gasteiger partial charge in [-0.1, -0.05) is 95.0 Å². The zero-order chi connectivity index (χ0) is 25.9. The van der Waals surface area contributed by atoms with E-state index in [1.807, 2.05) is 48.5 Å². The van der Waals surface area contributed by atoms with Crippen LogP contribution in [0.1, 0.15) is 22.3 Å². The third kappa shape index (κ3) is 8.63. The summed E-state index contributed by atoms with van der Waals surface area (Å²) in [5.41, 5.74) is 6.88. The molecule has 10 heteroatoms. The number of rotatable bonds is 12. The zero-order valence-electron chi connectivity index (χ0n) is 20.4. The van der Waals surface area contributed by atoms with Gasteiger partial charge in [-0.15, -0.1) is 10.2 Å². The topological polar surface area (TPSA) is 85.7 Å². The van der Waals surface area contributed by atoms with Crippen LogP contribution in [0.4, 0.5) is 0 Å². The lowest BCUT2D eigenvalue weighted by Gasteiger charge is -2.11. The number of benzene rings is 3. The first-order chi connectivity index (χ1) is 18.1. The van der Waals surface area contributed by atoms with Crippen molar-refractivity contribution in [2.75, 3.05) is 12.9 Å². The van der Waals surface area contributed by atoms with Crippen LogP contribution in [0.5, 0.6) is 11.5 Å². The standard InChI is InChI=1S/C27H26N4O3S3/c1-19-8-10-21(11-9-19)17-35-26-30-31-27(37-26)36-18-25(32)29-28-15-22-12-13-23(24(14-22)33-2)34-16-20-6-4-3-5-7-20/h3-15H,16-18H2,1-2H3,(H,29,32)/b28-15-. The lowest BCUT2D eigenvalue weighted by Crippen LogP contribution is -2.19. The predicted octanol–water partition coefficient (Wildman–Crippen LogP) is 5.97. The Morgan fingerprint density at radius 1 is 0.973 bits per heavy atom. The van der Waals surface area contributed by atoms with Crippen LogP contribution in [0.25, 0.3) is 0 Å². The van der Waals surface area contributed by atoms with E-state index >= 15 is 0 Å². The number of hydrogen-bond donors (Lipinski definition) is 1. The first kappa shape index (κ1) is 26.7. The molecule has 7 nitrogen and oxygen atoms in total. The van der Waals surface area contributed by atoms with E-state index in [1.165, 1.54) is 34.2 Å². The Hall–Kier alpha value is -3.34. The summed E-state index contributed by atoms with van der Waals surface area (Å²) in [7, 11) is 1.59. The zero-order valence-corrected chi connectivity index (χ0v) is 22.9. The third-order valence-corrected chi connectivity index (χ3v) is 8.29. The highest BCUT2D eigenvalue weighted by molar-refractivity contribution is 8.03. The van der Waals surface area contributed by atoms with E-state index in [1.54, 1.807) is 25.1 Å². The van der Waals surface area contributed by atoms with Crippen molar-refractivity contribution in [2.24, 2.45) is 5.10 Å². The lowest BCUT2D eigenvalue weighted by atomic mass is 10.2. The van der Waals surface area contributed by atoms with Gasteiger partial charge in [0.25, 0.3) is 5.91 Å². The fourth-order valence-corrected chi connectivity index (χ4v) is 5.87. The third-order valence-electron chi connectivity index (χ3n) is 5.03. The summed E-state index contributed by atoms with van der Waals surface area (Å²) in [6.07, 6.45) is 1.57. The van der Waals surface area contributed by atoms with Crippen molar-refractivity contribution in [2.45, 2.75) is 28.0 Å². The lowest BCUT2D eigenvalue weighted by molar-refractivity contribution is -0.118. The molecule has 0 atom stereocenters. The maximum atomic E-state index is 12.2. The molecule has 0 radical (unpaired) electrons. The largest absolute Gasteiger partial charge is 0.493 e. The average Bonchev–Trinajstić information content (AvgIpc) is 3.39. The van der Waals surface area contributed by atoms with Gasteiger partial charge in [-0.2, -0.15) is 5.10 Å². The number of hydrogen-bond acceptors (Lipinski definition) is 9. The predicted molar refractivity (Wildman–Crippen MR) is 151 cm³/mol. The molecule has 1 amide bonds. The second kappa shape index (κ2) is 13.8. The highest BCUT2D eigenvalue weighted by Crippen LogP contribution is 2.31. The molecule has 0 aliphatic rings. The fraction of sp³-hybridized carbons (Fsp3) is 0.185. The summed E-state index contributed by atoms with van der Waals surface area (Å²) in [5, 5.41) is 12.4. The summed E-state index contributed by atoms with van der Waals surface area (Å²) >= 11 is 4.47. The number of amides is 1. The van der Waals surface area contributed by atoms with E-state index in [9.17, 15) is 4.79 Å². The van der Waals surface area contributed by atoms with E-state index in [2.05, 4.69) is 51.9 Å². The highest BCUT2D eigenvalue weighted by atomic mass is 32.2. The van der Waals surface area contributed by atoms with Gasteiger partial charge in [0.05, 0.1) is 19.1 Å². The van der Waals surface area contributed by atoms with Crippen LogP contribution in [0.2, 0.25) is 0 Å². The fourth-order valence-electron chi connectivity index (χ4n) is 3.10. The Bertz CT molecular complexity index is 1330. The van der Waals surface area contributed by atoms with Gasteiger partial charge in [0, 0.05) is 5.75 Å². The van der Waals surface area contributed by atoms with Crippen molar-refractivity contribution >= 4 is 47.0 Å². The van der Waals surface area contributed by atoms with Crippen LogP contribution >= 0.6 is 34.9 Å². The molecule has 0 fully saturated rings. The second-order valence-electron chi connectivity index (χ2n) is 7.87. The minimum absolute atomic E-state index is 0.199. The Kier molecular flexibility index (Phi) is 9.98. The monoisotopic (exact) mass is 550 g/mol. The summed E-state index contributed by atoms with van der Waals surface area (Å²) in [6, 6.07) is 23.8. The summed E-state index contributed by atoms with van der Waals surface area (Å²) < 4.78 is 13.0. The molecule has 4 aromatic rings. The van der Waals surface area contributed by atoms with Crippen LogP contribution in [-0.4, -0.2) is 35.2 Å². The molecule has 1 heterocycles. The Morgan fingerprint density at radius 2 is 1.73 bits per heavy atom. The molecule has 0 saturated heterocycles. The summed E-state index contributed by atoms with van der Waals surface area (Å²) in [4.78, 5) is 12.2. The van der Waals surface area contributed by atoms with Gasteiger partial charge < -0.3 is 9.47 Å². The van der Waals surface area contributed by atoms with E-state index in [0.717, 1.165) is 25.6 Å².